The number of hydrogen-bond acceptors (Lipinski definition) is 2. The van der Waals surface area contributed by atoms with Gasteiger partial charge in [-0.3, -0.25) is 4.79 Å². The fraction of sp³-hybridized carbons (Fsp3) is 0.300. The SMILES string of the molecule is C[C@@]1(C(=O)Nc2cc(Cl)cc(Cl)c2)[C@H](CCC=O)[C@@H]1c1ccc(Br)cc1. The van der Waals surface area contributed by atoms with Crippen molar-refractivity contribution in [1.82, 2.24) is 0 Å². The molecule has 0 spiro atoms. The van der Waals surface area contributed by atoms with Gasteiger partial charge in [0.1, 0.15) is 6.29 Å². The topological polar surface area (TPSA) is 46.2 Å². The maximum atomic E-state index is 13.0. The first-order valence-electron chi connectivity index (χ1n) is 8.33. The Morgan fingerprint density at radius 3 is 2.38 bits per heavy atom. The van der Waals surface area contributed by atoms with Gasteiger partial charge in [-0.2, -0.15) is 0 Å². The van der Waals surface area contributed by atoms with Crippen LogP contribution in [0.3, 0.4) is 0 Å². The molecule has 3 nitrogen and oxygen atoms in total. The van der Waals surface area contributed by atoms with Crippen LogP contribution in [0.25, 0.3) is 0 Å². The second-order valence-electron chi connectivity index (χ2n) is 6.77. The second-order valence-corrected chi connectivity index (χ2v) is 8.56. The van der Waals surface area contributed by atoms with Crippen molar-refractivity contribution in [3.8, 4) is 0 Å². The Kier molecular flexibility index (Phi) is 5.75. The van der Waals surface area contributed by atoms with Gasteiger partial charge >= 0.3 is 0 Å². The first-order chi connectivity index (χ1) is 12.4. The monoisotopic (exact) mass is 453 g/mol. The number of carbonyl (C=O) groups excluding carboxylic acids is 2. The van der Waals surface area contributed by atoms with Crippen LogP contribution in [0.2, 0.25) is 10.0 Å². The molecular formula is C20H18BrCl2NO2. The third kappa shape index (κ3) is 3.83. The van der Waals surface area contributed by atoms with Crippen molar-refractivity contribution in [3.63, 3.8) is 0 Å². The van der Waals surface area contributed by atoms with Crippen molar-refractivity contribution >= 4 is 57.0 Å². The maximum absolute atomic E-state index is 13.0. The molecule has 0 radical (unpaired) electrons. The quantitative estimate of drug-likeness (QED) is 0.536. The van der Waals surface area contributed by atoms with Crippen molar-refractivity contribution in [2.75, 3.05) is 5.32 Å². The zero-order chi connectivity index (χ0) is 18.9. The van der Waals surface area contributed by atoms with Crippen LogP contribution in [0.1, 0.15) is 31.2 Å². The zero-order valence-electron chi connectivity index (χ0n) is 14.1. The third-order valence-electron chi connectivity index (χ3n) is 5.14. The van der Waals surface area contributed by atoms with E-state index in [0.717, 1.165) is 16.3 Å². The number of anilines is 1. The van der Waals surface area contributed by atoms with E-state index in [-0.39, 0.29) is 17.7 Å². The average molecular weight is 455 g/mol. The van der Waals surface area contributed by atoms with Gasteiger partial charge in [0.2, 0.25) is 5.91 Å². The number of rotatable bonds is 6. The Bertz CT molecular complexity index is 820. The highest BCUT2D eigenvalue weighted by molar-refractivity contribution is 9.10. The summed E-state index contributed by atoms with van der Waals surface area (Å²) in [5.41, 5.74) is 1.10. The second kappa shape index (κ2) is 7.71. The largest absolute Gasteiger partial charge is 0.325 e. The molecule has 2 aromatic rings. The molecule has 136 valence electrons. The number of carbonyl (C=O) groups is 2. The minimum atomic E-state index is -0.578. The molecule has 1 N–H and O–H groups in total. The summed E-state index contributed by atoms with van der Waals surface area (Å²) in [5.74, 6) is 0.105. The lowest BCUT2D eigenvalue weighted by molar-refractivity contribution is -0.121. The molecule has 1 saturated carbocycles. The van der Waals surface area contributed by atoms with Gasteiger partial charge in [-0.1, -0.05) is 51.3 Å². The van der Waals surface area contributed by atoms with Crippen molar-refractivity contribution in [1.29, 1.82) is 0 Å². The summed E-state index contributed by atoms with van der Waals surface area (Å²) in [5, 5.41) is 3.87. The summed E-state index contributed by atoms with van der Waals surface area (Å²) in [6.45, 7) is 1.96. The van der Waals surface area contributed by atoms with Crippen LogP contribution < -0.4 is 5.32 Å². The van der Waals surface area contributed by atoms with Crippen LogP contribution in [0.5, 0.6) is 0 Å². The van der Waals surface area contributed by atoms with Crippen LogP contribution in [0, 0.1) is 11.3 Å². The highest BCUT2D eigenvalue weighted by Gasteiger charge is 2.65. The van der Waals surface area contributed by atoms with Gasteiger partial charge in [0.05, 0.1) is 5.41 Å². The van der Waals surface area contributed by atoms with Gasteiger partial charge in [-0.05, 0) is 55.2 Å². The van der Waals surface area contributed by atoms with Gasteiger partial charge in [0, 0.05) is 32.5 Å². The van der Waals surface area contributed by atoms with E-state index < -0.39 is 5.41 Å². The molecule has 0 saturated heterocycles. The van der Waals surface area contributed by atoms with E-state index in [1.165, 1.54) is 0 Å². The van der Waals surface area contributed by atoms with E-state index in [2.05, 4.69) is 21.2 Å². The Balaban J connectivity index is 1.85. The lowest BCUT2D eigenvalue weighted by Gasteiger charge is -2.14. The Hall–Kier alpha value is -1.36. The molecule has 1 fully saturated rings. The Labute approximate surface area is 171 Å². The third-order valence-corrected chi connectivity index (χ3v) is 6.11. The Morgan fingerprint density at radius 2 is 1.81 bits per heavy atom. The molecule has 0 heterocycles. The molecule has 26 heavy (non-hydrogen) atoms. The molecule has 6 heteroatoms. The molecule has 0 aliphatic heterocycles. The Morgan fingerprint density at radius 1 is 1.19 bits per heavy atom. The van der Waals surface area contributed by atoms with Crippen molar-refractivity contribution in [2.24, 2.45) is 11.3 Å². The number of benzene rings is 2. The van der Waals surface area contributed by atoms with E-state index in [1.807, 2.05) is 31.2 Å². The maximum Gasteiger partial charge on any atom is 0.231 e. The van der Waals surface area contributed by atoms with E-state index in [1.54, 1.807) is 18.2 Å². The normalized spacial score (nSPS) is 24.2. The molecule has 3 rings (SSSR count). The van der Waals surface area contributed by atoms with Crippen molar-refractivity contribution in [2.45, 2.75) is 25.7 Å². The number of hydrogen-bond donors (Lipinski definition) is 1. The fourth-order valence-electron chi connectivity index (χ4n) is 3.77. The zero-order valence-corrected chi connectivity index (χ0v) is 17.2. The predicted octanol–water partition coefficient (Wildman–Crippen LogP) is 6.09. The molecule has 0 unspecified atom stereocenters. The van der Waals surface area contributed by atoms with Crippen LogP contribution in [-0.2, 0) is 9.59 Å². The molecule has 0 bridgehead atoms. The highest BCUT2D eigenvalue weighted by atomic mass is 79.9. The van der Waals surface area contributed by atoms with Crippen LogP contribution in [-0.4, -0.2) is 12.2 Å². The van der Waals surface area contributed by atoms with E-state index >= 15 is 0 Å². The molecule has 1 aliphatic carbocycles. The first-order valence-corrected chi connectivity index (χ1v) is 9.87. The van der Waals surface area contributed by atoms with Gasteiger partial charge in [-0.25, -0.2) is 0 Å². The van der Waals surface area contributed by atoms with Gasteiger partial charge in [0.15, 0.2) is 0 Å². The first kappa shape index (κ1) is 19.4. The number of amides is 1. The minimum absolute atomic E-state index is 0.0743. The predicted molar refractivity (Wildman–Crippen MR) is 109 cm³/mol. The summed E-state index contributed by atoms with van der Waals surface area (Å²) in [6, 6.07) is 13.0. The van der Waals surface area contributed by atoms with Gasteiger partial charge in [0.25, 0.3) is 0 Å². The molecule has 1 amide bonds. The minimum Gasteiger partial charge on any atom is -0.325 e. The summed E-state index contributed by atoms with van der Waals surface area (Å²) in [4.78, 5) is 23.9. The summed E-state index contributed by atoms with van der Waals surface area (Å²) in [7, 11) is 0. The van der Waals surface area contributed by atoms with Crippen molar-refractivity contribution < 1.29 is 9.59 Å². The standard InChI is InChI=1S/C20H18BrCl2NO2/c1-20(19(26)24-16-10-14(22)9-15(23)11-16)17(3-2-8-25)18(20)12-4-6-13(21)7-5-12/h4-11,17-18H,2-3H2,1H3,(H,24,26)/t17-,18+,20-/m1/s1. The smallest absolute Gasteiger partial charge is 0.231 e. The van der Waals surface area contributed by atoms with E-state index in [9.17, 15) is 9.59 Å². The van der Waals surface area contributed by atoms with Crippen LogP contribution in [0.4, 0.5) is 5.69 Å². The number of nitrogens with one attached hydrogen (secondary N) is 1. The molecule has 0 aromatic heterocycles. The fourth-order valence-corrected chi connectivity index (χ4v) is 4.56. The summed E-state index contributed by atoms with van der Waals surface area (Å²) in [6.07, 6.45) is 2.04. The van der Waals surface area contributed by atoms with Crippen LogP contribution in [0.15, 0.2) is 46.9 Å². The highest BCUT2D eigenvalue weighted by Crippen LogP contribution is 2.66. The molecule has 3 atom stereocenters. The van der Waals surface area contributed by atoms with E-state index in [0.29, 0.717) is 28.6 Å². The lowest BCUT2D eigenvalue weighted by Crippen LogP contribution is -2.24. The van der Waals surface area contributed by atoms with Crippen molar-refractivity contribution in [3.05, 3.63) is 62.5 Å². The summed E-state index contributed by atoms with van der Waals surface area (Å²) >= 11 is 15.5. The summed E-state index contributed by atoms with van der Waals surface area (Å²) < 4.78 is 0.992. The average Bonchev–Trinajstić information content (AvgIpc) is 3.18. The molecular weight excluding hydrogens is 437 g/mol. The lowest BCUT2D eigenvalue weighted by atomic mass is 9.99. The van der Waals surface area contributed by atoms with Gasteiger partial charge < -0.3 is 10.1 Å². The molecule has 1 aliphatic rings. The van der Waals surface area contributed by atoms with E-state index in [4.69, 9.17) is 23.2 Å². The number of aldehydes is 1. The van der Waals surface area contributed by atoms with Gasteiger partial charge in [-0.15, -0.1) is 0 Å². The molecule has 2 aromatic carbocycles. The number of halogens is 3. The van der Waals surface area contributed by atoms with Crippen LogP contribution >= 0.6 is 39.1 Å².